The molecule has 184 valence electrons. The van der Waals surface area contributed by atoms with Crippen LogP contribution in [-0.2, 0) is 17.8 Å². The third-order valence-corrected chi connectivity index (χ3v) is 5.87. The predicted octanol–water partition coefficient (Wildman–Crippen LogP) is 4.13. The van der Waals surface area contributed by atoms with Crippen LogP contribution in [0.4, 0.5) is 10.5 Å². The third kappa shape index (κ3) is 6.34. The van der Waals surface area contributed by atoms with Gasteiger partial charge in [-0.2, -0.15) is 0 Å². The lowest BCUT2D eigenvalue weighted by atomic mass is 10.1. The second-order valence-corrected chi connectivity index (χ2v) is 8.39. The van der Waals surface area contributed by atoms with Gasteiger partial charge in [-0.1, -0.05) is 31.9 Å². The Morgan fingerprint density at radius 2 is 1.79 bits per heavy atom. The Labute approximate surface area is 201 Å². The van der Waals surface area contributed by atoms with Crippen LogP contribution in [0.25, 0.3) is 0 Å². The van der Waals surface area contributed by atoms with Gasteiger partial charge < -0.3 is 24.8 Å². The van der Waals surface area contributed by atoms with Gasteiger partial charge in [0.05, 0.1) is 33.8 Å². The molecule has 1 saturated heterocycles. The summed E-state index contributed by atoms with van der Waals surface area (Å²) in [5.74, 6) is 1.54. The number of benzene rings is 2. The molecule has 2 N–H and O–H groups in total. The van der Waals surface area contributed by atoms with E-state index in [0.29, 0.717) is 43.5 Å². The predicted molar refractivity (Wildman–Crippen MR) is 132 cm³/mol. The van der Waals surface area contributed by atoms with Gasteiger partial charge in [-0.15, -0.1) is 0 Å². The molecule has 8 nitrogen and oxygen atoms in total. The molecule has 0 unspecified atom stereocenters. The molecule has 0 radical (unpaired) electrons. The van der Waals surface area contributed by atoms with Gasteiger partial charge in [0, 0.05) is 30.4 Å². The number of nitrogens with two attached hydrogens (primary N) is 1. The maximum absolute atomic E-state index is 13.4. The van der Waals surface area contributed by atoms with E-state index in [4.69, 9.17) is 19.9 Å². The smallest absolute Gasteiger partial charge is 0.324 e. The lowest BCUT2D eigenvalue weighted by Gasteiger charge is -2.36. The summed E-state index contributed by atoms with van der Waals surface area (Å²) in [6.07, 6.45) is 4.19. The summed E-state index contributed by atoms with van der Waals surface area (Å²) >= 11 is 0. The van der Waals surface area contributed by atoms with Gasteiger partial charge in [0.1, 0.15) is 5.75 Å². The standard InChI is InChI=1S/C26H35N3O5/c1-4-5-6-14-34-24-17-21(10-11-22(24)32-2)29-13-7-12-28(26(29)31)18-20-9-8-19(16-25(27)30)15-23(20)33-3/h8-11,15,17H,4-7,12-14,16,18H2,1-3H3,(H2,27,30). The molecule has 34 heavy (non-hydrogen) atoms. The van der Waals surface area contributed by atoms with E-state index >= 15 is 0 Å². The summed E-state index contributed by atoms with van der Waals surface area (Å²) < 4.78 is 16.9. The topological polar surface area (TPSA) is 94.3 Å². The van der Waals surface area contributed by atoms with Crippen molar-refractivity contribution in [3.8, 4) is 17.2 Å². The minimum atomic E-state index is -0.398. The number of methoxy groups -OCH3 is 2. The average molecular weight is 470 g/mol. The first-order chi connectivity index (χ1) is 16.5. The fourth-order valence-corrected chi connectivity index (χ4v) is 4.08. The van der Waals surface area contributed by atoms with Crippen molar-refractivity contribution in [3.63, 3.8) is 0 Å². The highest BCUT2D eigenvalue weighted by Gasteiger charge is 2.28. The van der Waals surface area contributed by atoms with Gasteiger partial charge in [-0.25, -0.2) is 4.79 Å². The van der Waals surface area contributed by atoms with Crippen molar-refractivity contribution >= 4 is 17.6 Å². The van der Waals surface area contributed by atoms with Crippen LogP contribution in [-0.4, -0.2) is 50.8 Å². The Bertz CT molecular complexity index is 994. The summed E-state index contributed by atoms with van der Waals surface area (Å²) in [5, 5.41) is 0. The number of rotatable bonds is 12. The molecule has 8 heteroatoms. The molecule has 0 aliphatic carbocycles. The zero-order valence-corrected chi connectivity index (χ0v) is 20.3. The molecule has 0 saturated carbocycles. The van der Waals surface area contributed by atoms with E-state index in [1.54, 1.807) is 30.1 Å². The van der Waals surface area contributed by atoms with Gasteiger partial charge >= 0.3 is 6.03 Å². The molecular weight excluding hydrogens is 434 g/mol. The molecule has 1 aliphatic heterocycles. The van der Waals surface area contributed by atoms with Crippen LogP contribution in [0.1, 0.15) is 43.7 Å². The Morgan fingerprint density at radius 3 is 2.50 bits per heavy atom. The van der Waals surface area contributed by atoms with Crippen molar-refractivity contribution in [3.05, 3.63) is 47.5 Å². The molecule has 3 rings (SSSR count). The monoisotopic (exact) mass is 469 g/mol. The largest absolute Gasteiger partial charge is 0.496 e. The second kappa shape index (κ2) is 12.2. The van der Waals surface area contributed by atoms with E-state index in [1.807, 2.05) is 30.3 Å². The van der Waals surface area contributed by atoms with E-state index in [-0.39, 0.29) is 12.5 Å². The molecule has 0 aromatic heterocycles. The lowest BCUT2D eigenvalue weighted by molar-refractivity contribution is -0.117. The molecular formula is C26H35N3O5. The quantitative estimate of drug-likeness (QED) is 0.472. The number of amides is 3. The number of nitrogens with zero attached hydrogens (tertiary/aromatic N) is 2. The highest BCUT2D eigenvalue weighted by atomic mass is 16.5. The number of anilines is 1. The van der Waals surface area contributed by atoms with Gasteiger partial charge in [0.15, 0.2) is 11.5 Å². The van der Waals surface area contributed by atoms with Gasteiger partial charge in [0.2, 0.25) is 5.91 Å². The van der Waals surface area contributed by atoms with Crippen molar-refractivity contribution in [2.45, 2.75) is 45.6 Å². The van der Waals surface area contributed by atoms with Crippen molar-refractivity contribution < 1.29 is 23.8 Å². The minimum Gasteiger partial charge on any atom is -0.496 e. The maximum atomic E-state index is 13.4. The lowest BCUT2D eigenvalue weighted by Crippen LogP contribution is -2.49. The van der Waals surface area contributed by atoms with Crippen LogP contribution in [0.3, 0.4) is 0 Å². The second-order valence-electron chi connectivity index (χ2n) is 8.39. The zero-order valence-electron chi connectivity index (χ0n) is 20.3. The summed E-state index contributed by atoms with van der Waals surface area (Å²) in [6, 6.07) is 11.1. The van der Waals surface area contributed by atoms with Crippen LogP contribution < -0.4 is 24.8 Å². The van der Waals surface area contributed by atoms with Gasteiger partial charge in [-0.3, -0.25) is 9.69 Å². The Hall–Kier alpha value is -3.42. The number of ether oxygens (including phenoxy) is 3. The van der Waals surface area contributed by atoms with E-state index in [9.17, 15) is 9.59 Å². The summed E-state index contributed by atoms with van der Waals surface area (Å²) in [5.41, 5.74) is 7.75. The molecule has 0 atom stereocenters. The fraction of sp³-hybridized carbons (Fsp3) is 0.462. The minimum absolute atomic E-state index is 0.0726. The molecule has 0 spiro atoms. The van der Waals surface area contributed by atoms with Crippen molar-refractivity contribution in [2.75, 3.05) is 38.8 Å². The zero-order chi connectivity index (χ0) is 24.5. The Kier molecular flexibility index (Phi) is 9.01. The van der Waals surface area contributed by atoms with Crippen LogP contribution in [0.5, 0.6) is 17.2 Å². The number of urea groups is 1. The van der Waals surface area contributed by atoms with E-state index in [0.717, 1.165) is 42.5 Å². The van der Waals surface area contributed by atoms with Crippen molar-refractivity contribution in [2.24, 2.45) is 5.73 Å². The highest BCUT2D eigenvalue weighted by molar-refractivity contribution is 5.93. The molecule has 1 fully saturated rings. The van der Waals surface area contributed by atoms with E-state index in [1.165, 1.54) is 0 Å². The number of primary amides is 1. The Morgan fingerprint density at radius 1 is 1.00 bits per heavy atom. The van der Waals surface area contributed by atoms with Crippen molar-refractivity contribution in [1.82, 2.24) is 4.90 Å². The maximum Gasteiger partial charge on any atom is 0.324 e. The molecule has 3 amide bonds. The summed E-state index contributed by atoms with van der Waals surface area (Å²) in [6.45, 7) is 4.45. The van der Waals surface area contributed by atoms with Gasteiger partial charge in [0.25, 0.3) is 0 Å². The number of carbonyl (C=O) groups excluding carboxylic acids is 2. The first kappa shape index (κ1) is 25.2. The molecule has 2 aromatic carbocycles. The number of hydrogen-bond donors (Lipinski definition) is 1. The average Bonchev–Trinajstić information content (AvgIpc) is 2.83. The van der Waals surface area contributed by atoms with Crippen molar-refractivity contribution in [1.29, 1.82) is 0 Å². The fourth-order valence-electron chi connectivity index (χ4n) is 4.08. The van der Waals surface area contributed by atoms with E-state index in [2.05, 4.69) is 6.92 Å². The molecule has 1 aliphatic rings. The highest BCUT2D eigenvalue weighted by Crippen LogP contribution is 2.34. The molecule has 0 bridgehead atoms. The Balaban J connectivity index is 1.75. The van der Waals surface area contributed by atoms with E-state index < -0.39 is 5.91 Å². The van der Waals surface area contributed by atoms with Crippen LogP contribution in [0, 0.1) is 0 Å². The van der Waals surface area contributed by atoms with Crippen LogP contribution in [0.2, 0.25) is 0 Å². The van der Waals surface area contributed by atoms with Crippen LogP contribution in [0.15, 0.2) is 36.4 Å². The summed E-state index contributed by atoms with van der Waals surface area (Å²) in [4.78, 5) is 28.2. The molecule has 1 heterocycles. The van der Waals surface area contributed by atoms with Gasteiger partial charge in [-0.05, 0) is 36.6 Å². The van der Waals surface area contributed by atoms with Crippen LogP contribution >= 0.6 is 0 Å². The third-order valence-electron chi connectivity index (χ3n) is 5.87. The number of unbranched alkanes of at least 4 members (excludes halogenated alkanes) is 2. The molecule has 2 aromatic rings. The number of carbonyl (C=O) groups is 2. The summed E-state index contributed by atoms with van der Waals surface area (Å²) in [7, 11) is 3.19. The first-order valence-corrected chi connectivity index (χ1v) is 11.8. The normalized spacial score (nSPS) is 13.7. The first-order valence-electron chi connectivity index (χ1n) is 11.8. The SMILES string of the molecule is CCCCCOc1cc(N2CCCN(Cc3ccc(CC(N)=O)cc3OC)C2=O)ccc1OC. The number of hydrogen-bond acceptors (Lipinski definition) is 5.